The zero-order valence-electron chi connectivity index (χ0n) is 18.3. The topological polar surface area (TPSA) is 74.9 Å². The standard InChI is InChI=1S/C25H27N3O4/c1-16-23(18-7-3-4-8-19(18)26-16)24(29)17(2)27-11-13-28(14-12-27)25(30)22-15-31-20-9-5-6-10-21(20)32-22/h3-10,17,22,26H,11-15H2,1-2H3/t17-,22+/m0/s1. The van der Waals surface area contributed by atoms with Crippen LogP contribution in [0.1, 0.15) is 23.0 Å². The number of hydrogen-bond acceptors (Lipinski definition) is 5. The Kier molecular flexibility index (Phi) is 5.35. The molecule has 3 aromatic rings. The molecule has 2 aliphatic rings. The second kappa shape index (κ2) is 8.31. The number of aromatic amines is 1. The van der Waals surface area contributed by atoms with E-state index in [-0.39, 0.29) is 24.3 Å². The van der Waals surface area contributed by atoms with Gasteiger partial charge in [-0.15, -0.1) is 0 Å². The summed E-state index contributed by atoms with van der Waals surface area (Å²) in [6.07, 6.45) is -0.635. The van der Waals surface area contributed by atoms with Crippen LogP contribution in [-0.2, 0) is 4.79 Å². The minimum absolute atomic E-state index is 0.0643. The summed E-state index contributed by atoms with van der Waals surface area (Å²) in [5.41, 5.74) is 2.64. The van der Waals surface area contributed by atoms with E-state index in [0.717, 1.165) is 22.2 Å². The number of nitrogens with zero attached hydrogens (tertiary/aromatic N) is 2. The number of benzene rings is 2. The number of nitrogens with one attached hydrogen (secondary N) is 1. The van der Waals surface area contributed by atoms with Gasteiger partial charge in [-0.25, -0.2) is 0 Å². The molecule has 2 aliphatic heterocycles. The molecular formula is C25H27N3O4. The second-order valence-electron chi connectivity index (χ2n) is 8.44. The quantitative estimate of drug-likeness (QED) is 0.640. The van der Waals surface area contributed by atoms with Crippen LogP contribution in [0.3, 0.4) is 0 Å². The molecule has 0 aliphatic carbocycles. The van der Waals surface area contributed by atoms with Crippen molar-refractivity contribution in [3.63, 3.8) is 0 Å². The molecular weight excluding hydrogens is 406 g/mol. The Hall–Kier alpha value is -3.32. The van der Waals surface area contributed by atoms with Gasteiger partial charge in [-0.05, 0) is 32.0 Å². The van der Waals surface area contributed by atoms with E-state index in [1.54, 1.807) is 0 Å². The third kappa shape index (κ3) is 3.62. The number of rotatable bonds is 4. The fourth-order valence-electron chi connectivity index (χ4n) is 4.64. The van der Waals surface area contributed by atoms with Crippen molar-refractivity contribution in [1.29, 1.82) is 0 Å². The van der Waals surface area contributed by atoms with Crippen LogP contribution in [0.4, 0.5) is 0 Å². The molecule has 7 heteroatoms. The maximum atomic E-state index is 13.3. The highest BCUT2D eigenvalue weighted by Gasteiger charge is 2.35. The number of Topliss-reactive ketones (excluding diaryl/α,β-unsaturated/α-hetero) is 1. The summed E-state index contributed by atoms with van der Waals surface area (Å²) >= 11 is 0. The maximum absolute atomic E-state index is 13.3. The summed E-state index contributed by atoms with van der Waals surface area (Å²) < 4.78 is 11.6. The smallest absolute Gasteiger partial charge is 0.267 e. The lowest BCUT2D eigenvalue weighted by atomic mass is 10.0. The third-order valence-electron chi connectivity index (χ3n) is 6.48. The molecule has 2 atom stereocenters. The van der Waals surface area contributed by atoms with Gasteiger partial charge < -0.3 is 19.4 Å². The number of carbonyl (C=O) groups is 2. The van der Waals surface area contributed by atoms with Gasteiger partial charge in [-0.2, -0.15) is 0 Å². The predicted octanol–water partition coefficient (Wildman–Crippen LogP) is 3.03. The number of piperazine rings is 1. The summed E-state index contributed by atoms with van der Waals surface area (Å²) in [5, 5.41) is 0.963. The molecule has 1 fully saturated rings. The number of aryl methyl sites for hydroxylation is 1. The van der Waals surface area contributed by atoms with Gasteiger partial charge in [-0.3, -0.25) is 14.5 Å². The van der Waals surface area contributed by atoms with Crippen LogP contribution in [-0.4, -0.2) is 71.4 Å². The van der Waals surface area contributed by atoms with Crippen LogP contribution < -0.4 is 9.47 Å². The van der Waals surface area contributed by atoms with E-state index < -0.39 is 6.10 Å². The summed E-state index contributed by atoms with van der Waals surface area (Å²) in [6, 6.07) is 15.0. The first-order valence-corrected chi connectivity index (χ1v) is 11.1. The number of carbonyl (C=O) groups excluding carboxylic acids is 2. The molecule has 0 spiro atoms. The fourth-order valence-corrected chi connectivity index (χ4v) is 4.64. The van der Waals surface area contributed by atoms with Gasteiger partial charge in [-0.1, -0.05) is 30.3 Å². The zero-order valence-corrected chi connectivity index (χ0v) is 18.3. The van der Waals surface area contributed by atoms with Crippen molar-refractivity contribution in [1.82, 2.24) is 14.8 Å². The molecule has 1 amide bonds. The Balaban J connectivity index is 1.22. The highest BCUT2D eigenvalue weighted by molar-refractivity contribution is 6.11. The number of para-hydroxylation sites is 3. The van der Waals surface area contributed by atoms with Crippen LogP contribution in [0.15, 0.2) is 48.5 Å². The van der Waals surface area contributed by atoms with Crippen molar-refractivity contribution >= 4 is 22.6 Å². The second-order valence-corrected chi connectivity index (χ2v) is 8.44. The van der Waals surface area contributed by atoms with Crippen molar-refractivity contribution in [3.8, 4) is 11.5 Å². The highest BCUT2D eigenvalue weighted by Crippen LogP contribution is 2.31. The van der Waals surface area contributed by atoms with E-state index >= 15 is 0 Å². The number of ketones is 1. The van der Waals surface area contributed by atoms with E-state index in [2.05, 4.69) is 9.88 Å². The van der Waals surface area contributed by atoms with Crippen molar-refractivity contribution in [2.75, 3.05) is 32.8 Å². The van der Waals surface area contributed by atoms with Gasteiger partial charge in [0.05, 0.1) is 6.04 Å². The Morgan fingerprint density at radius 2 is 1.69 bits per heavy atom. The van der Waals surface area contributed by atoms with Gasteiger partial charge in [0.15, 0.2) is 17.3 Å². The Bertz CT molecular complexity index is 1160. The molecule has 5 rings (SSSR count). The Morgan fingerprint density at radius 1 is 1.00 bits per heavy atom. The molecule has 0 unspecified atom stereocenters. The lowest BCUT2D eigenvalue weighted by molar-refractivity contribution is -0.143. The van der Waals surface area contributed by atoms with Crippen LogP contribution >= 0.6 is 0 Å². The van der Waals surface area contributed by atoms with E-state index in [1.807, 2.05) is 67.3 Å². The molecule has 1 N–H and O–H groups in total. The highest BCUT2D eigenvalue weighted by atomic mass is 16.6. The van der Waals surface area contributed by atoms with Crippen molar-refractivity contribution in [3.05, 3.63) is 59.8 Å². The molecule has 166 valence electrons. The van der Waals surface area contributed by atoms with Crippen LogP contribution in [0, 0.1) is 6.92 Å². The minimum Gasteiger partial charge on any atom is -0.485 e. The first kappa shape index (κ1) is 20.6. The van der Waals surface area contributed by atoms with E-state index in [4.69, 9.17) is 9.47 Å². The largest absolute Gasteiger partial charge is 0.485 e. The molecule has 0 bridgehead atoms. The normalized spacial score (nSPS) is 19.7. The van der Waals surface area contributed by atoms with Gasteiger partial charge in [0.1, 0.15) is 6.61 Å². The molecule has 0 saturated carbocycles. The lowest BCUT2D eigenvalue weighted by Crippen LogP contribution is -2.56. The van der Waals surface area contributed by atoms with Crippen LogP contribution in [0.25, 0.3) is 10.9 Å². The predicted molar refractivity (Wildman–Crippen MR) is 121 cm³/mol. The summed E-state index contributed by atoms with van der Waals surface area (Å²) in [7, 11) is 0. The number of ether oxygens (including phenoxy) is 2. The molecule has 1 aromatic heterocycles. The first-order valence-electron chi connectivity index (χ1n) is 11.1. The van der Waals surface area contributed by atoms with E-state index in [1.165, 1.54) is 0 Å². The first-order chi connectivity index (χ1) is 15.5. The zero-order chi connectivity index (χ0) is 22.2. The summed E-state index contributed by atoms with van der Waals surface area (Å²) in [6.45, 7) is 6.52. The molecule has 2 aromatic carbocycles. The monoisotopic (exact) mass is 433 g/mol. The van der Waals surface area contributed by atoms with Crippen molar-refractivity contribution in [2.24, 2.45) is 0 Å². The molecule has 0 radical (unpaired) electrons. The van der Waals surface area contributed by atoms with Gasteiger partial charge >= 0.3 is 0 Å². The number of aromatic nitrogens is 1. The molecule has 3 heterocycles. The number of amides is 1. The Labute approximate surface area is 186 Å². The maximum Gasteiger partial charge on any atom is 0.267 e. The summed E-state index contributed by atoms with van der Waals surface area (Å²) in [4.78, 5) is 33.6. The number of H-pyrrole nitrogens is 1. The van der Waals surface area contributed by atoms with E-state index in [9.17, 15) is 9.59 Å². The van der Waals surface area contributed by atoms with Crippen molar-refractivity contribution in [2.45, 2.75) is 26.0 Å². The molecule has 32 heavy (non-hydrogen) atoms. The molecule has 1 saturated heterocycles. The lowest BCUT2D eigenvalue weighted by Gasteiger charge is -2.39. The SMILES string of the molecule is Cc1[nH]c2ccccc2c1C(=O)[C@H](C)N1CCN(C(=O)[C@H]2COc3ccccc3O2)CC1. The van der Waals surface area contributed by atoms with Gasteiger partial charge in [0.2, 0.25) is 6.10 Å². The number of hydrogen-bond donors (Lipinski definition) is 1. The molecule has 7 nitrogen and oxygen atoms in total. The summed E-state index contributed by atoms with van der Waals surface area (Å²) in [5.74, 6) is 1.32. The van der Waals surface area contributed by atoms with E-state index in [0.29, 0.717) is 37.7 Å². The third-order valence-corrected chi connectivity index (χ3v) is 6.48. The number of fused-ring (bicyclic) bond motifs is 2. The minimum atomic E-state index is -0.635. The van der Waals surface area contributed by atoms with Gasteiger partial charge in [0.25, 0.3) is 5.91 Å². The van der Waals surface area contributed by atoms with Gasteiger partial charge in [0, 0.05) is 48.3 Å². The fraction of sp³-hybridized carbons (Fsp3) is 0.360. The van der Waals surface area contributed by atoms with Crippen LogP contribution in [0.5, 0.6) is 11.5 Å². The average Bonchev–Trinajstić information content (AvgIpc) is 3.18. The van der Waals surface area contributed by atoms with Crippen molar-refractivity contribution < 1.29 is 19.1 Å². The van der Waals surface area contributed by atoms with Crippen LogP contribution in [0.2, 0.25) is 0 Å². The Morgan fingerprint density at radius 3 is 2.47 bits per heavy atom. The average molecular weight is 434 g/mol.